The Morgan fingerprint density at radius 3 is 2.50 bits per heavy atom. The van der Waals surface area contributed by atoms with Gasteiger partial charge in [-0.2, -0.15) is 0 Å². The molecule has 0 aromatic heterocycles. The molecule has 4 atom stereocenters. The monoisotopic (exact) mass is 432 g/mol. The number of sulfonamides is 1. The Kier molecular flexibility index (Phi) is 7.25. The van der Waals surface area contributed by atoms with Crippen molar-refractivity contribution in [2.45, 2.75) is 37.5 Å². The molecule has 0 radical (unpaired) electrons. The first-order valence-electron chi connectivity index (χ1n) is 9.96. The van der Waals surface area contributed by atoms with Crippen LogP contribution in [0.5, 0.6) is 0 Å². The number of fused-ring (bicyclic) bond motifs is 1. The maximum atomic E-state index is 13.1. The van der Waals surface area contributed by atoms with E-state index in [2.05, 4.69) is 10.0 Å². The van der Waals surface area contributed by atoms with Gasteiger partial charge in [-0.15, -0.1) is 0 Å². The molecule has 162 valence electrons. The Labute approximate surface area is 177 Å². The zero-order valence-electron chi connectivity index (χ0n) is 16.9. The Hall–Kier alpha value is -2.26. The molecule has 1 aliphatic rings. The SMILES string of the molecule is CS(=O)(=O)NC[C@@H](O)C[C@@H](Cc1ccccc1)C(=O)N[C@H]1c2ccccc2C[C@H]1O. The van der Waals surface area contributed by atoms with Gasteiger partial charge in [-0.05, 0) is 29.5 Å². The van der Waals surface area contributed by atoms with Gasteiger partial charge in [0, 0.05) is 18.9 Å². The Morgan fingerprint density at radius 1 is 1.13 bits per heavy atom. The summed E-state index contributed by atoms with van der Waals surface area (Å²) >= 11 is 0. The fraction of sp³-hybridized carbons (Fsp3) is 0.409. The van der Waals surface area contributed by atoms with Gasteiger partial charge >= 0.3 is 0 Å². The molecule has 0 unspecified atom stereocenters. The lowest BCUT2D eigenvalue weighted by Crippen LogP contribution is -2.41. The number of carbonyl (C=O) groups excluding carboxylic acids is 1. The fourth-order valence-electron chi connectivity index (χ4n) is 3.86. The lowest BCUT2D eigenvalue weighted by Gasteiger charge is -2.24. The van der Waals surface area contributed by atoms with Crippen LogP contribution in [0.1, 0.15) is 29.2 Å². The van der Waals surface area contributed by atoms with Crippen molar-refractivity contribution < 1.29 is 23.4 Å². The molecule has 0 saturated heterocycles. The quantitative estimate of drug-likeness (QED) is 0.470. The van der Waals surface area contributed by atoms with Crippen LogP contribution in [0.15, 0.2) is 54.6 Å². The number of hydrogen-bond donors (Lipinski definition) is 4. The molecule has 1 amide bonds. The molecule has 2 aromatic rings. The normalized spacial score (nSPS) is 20.4. The average molecular weight is 433 g/mol. The highest BCUT2D eigenvalue weighted by Gasteiger charge is 2.34. The highest BCUT2D eigenvalue weighted by atomic mass is 32.2. The average Bonchev–Trinajstić information content (AvgIpc) is 3.01. The number of carbonyl (C=O) groups is 1. The van der Waals surface area contributed by atoms with Crippen molar-refractivity contribution in [3.8, 4) is 0 Å². The molecule has 3 rings (SSSR count). The van der Waals surface area contributed by atoms with E-state index in [1.165, 1.54) is 0 Å². The van der Waals surface area contributed by atoms with E-state index in [0.717, 1.165) is 22.9 Å². The summed E-state index contributed by atoms with van der Waals surface area (Å²) in [7, 11) is -3.44. The number of rotatable bonds is 9. The van der Waals surface area contributed by atoms with Crippen LogP contribution in [-0.2, 0) is 27.7 Å². The predicted octanol–water partition coefficient (Wildman–Crippen LogP) is 0.920. The van der Waals surface area contributed by atoms with E-state index in [0.29, 0.717) is 12.8 Å². The lowest BCUT2D eigenvalue weighted by molar-refractivity contribution is -0.127. The molecule has 0 spiro atoms. The molecular formula is C22H28N2O5S. The third-order valence-electron chi connectivity index (χ3n) is 5.34. The van der Waals surface area contributed by atoms with Crippen LogP contribution in [0.3, 0.4) is 0 Å². The van der Waals surface area contributed by atoms with E-state index in [4.69, 9.17) is 0 Å². The summed E-state index contributed by atoms with van der Waals surface area (Å²) in [5, 5.41) is 23.7. The van der Waals surface area contributed by atoms with E-state index in [-0.39, 0.29) is 18.9 Å². The molecule has 8 heteroatoms. The van der Waals surface area contributed by atoms with Crippen molar-refractivity contribution in [2.24, 2.45) is 5.92 Å². The second kappa shape index (κ2) is 9.70. The molecule has 7 nitrogen and oxygen atoms in total. The lowest BCUT2D eigenvalue weighted by atomic mass is 9.92. The number of hydrogen-bond acceptors (Lipinski definition) is 5. The van der Waals surface area contributed by atoms with Crippen LogP contribution in [-0.4, -0.2) is 49.5 Å². The standard InChI is InChI=1S/C22H28N2O5S/c1-30(28,29)23-14-18(25)12-17(11-15-7-3-2-4-8-15)22(27)24-21-19-10-6-5-9-16(19)13-20(21)26/h2-10,17-18,20-21,23,25-26H,11-14H2,1H3,(H,24,27)/t17-,18+,20-,21+/m1/s1. The van der Waals surface area contributed by atoms with Gasteiger partial charge in [-0.3, -0.25) is 4.79 Å². The summed E-state index contributed by atoms with van der Waals surface area (Å²) < 4.78 is 24.9. The molecule has 1 aliphatic carbocycles. The van der Waals surface area contributed by atoms with Gasteiger partial charge in [-0.1, -0.05) is 54.6 Å². The van der Waals surface area contributed by atoms with Crippen molar-refractivity contribution in [1.29, 1.82) is 0 Å². The van der Waals surface area contributed by atoms with Crippen LogP contribution in [0.25, 0.3) is 0 Å². The van der Waals surface area contributed by atoms with E-state index >= 15 is 0 Å². The number of aliphatic hydroxyl groups excluding tert-OH is 2. The molecule has 0 bridgehead atoms. The Morgan fingerprint density at radius 2 is 1.80 bits per heavy atom. The number of nitrogens with one attached hydrogen (secondary N) is 2. The fourth-order valence-corrected chi connectivity index (χ4v) is 4.36. The molecule has 30 heavy (non-hydrogen) atoms. The van der Waals surface area contributed by atoms with E-state index in [1.807, 2.05) is 54.6 Å². The van der Waals surface area contributed by atoms with Gasteiger partial charge < -0.3 is 15.5 Å². The maximum Gasteiger partial charge on any atom is 0.224 e. The number of benzene rings is 2. The van der Waals surface area contributed by atoms with E-state index in [1.54, 1.807) is 0 Å². The second-order valence-electron chi connectivity index (χ2n) is 7.85. The summed E-state index contributed by atoms with van der Waals surface area (Å²) in [5.74, 6) is -0.860. The summed E-state index contributed by atoms with van der Waals surface area (Å²) in [6.07, 6.45) is 0.263. The third-order valence-corrected chi connectivity index (χ3v) is 6.03. The molecule has 4 N–H and O–H groups in total. The first-order chi connectivity index (χ1) is 14.2. The first-order valence-corrected chi connectivity index (χ1v) is 11.8. The van der Waals surface area contributed by atoms with Crippen molar-refractivity contribution in [1.82, 2.24) is 10.0 Å². The van der Waals surface area contributed by atoms with Crippen LogP contribution >= 0.6 is 0 Å². The zero-order chi connectivity index (χ0) is 21.7. The minimum atomic E-state index is -3.44. The van der Waals surface area contributed by atoms with Crippen molar-refractivity contribution in [3.05, 3.63) is 71.3 Å². The van der Waals surface area contributed by atoms with Gasteiger partial charge in [-0.25, -0.2) is 13.1 Å². The minimum Gasteiger partial charge on any atom is -0.392 e. The topological polar surface area (TPSA) is 116 Å². The number of aliphatic hydroxyl groups is 2. The predicted molar refractivity (Wildman–Crippen MR) is 114 cm³/mol. The van der Waals surface area contributed by atoms with Crippen molar-refractivity contribution in [2.75, 3.05) is 12.8 Å². The highest BCUT2D eigenvalue weighted by molar-refractivity contribution is 7.88. The third kappa shape index (κ3) is 6.12. The molecular weight excluding hydrogens is 404 g/mol. The van der Waals surface area contributed by atoms with Crippen LogP contribution < -0.4 is 10.0 Å². The molecule has 0 fully saturated rings. The van der Waals surface area contributed by atoms with E-state index < -0.39 is 34.2 Å². The van der Waals surface area contributed by atoms with E-state index in [9.17, 15) is 23.4 Å². The van der Waals surface area contributed by atoms with Gasteiger partial charge in [0.15, 0.2) is 0 Å². The summed E-state index contributed by atoms with van der Waals surface area (Å²) in [6, 6.07) is 16.6. The summed E-state index contributed by atoms with van der Waals surface area (Å²) in [5.41, 5.74) is 2.84. The maximum absolute atomic E-state index is 13.1. The molecule has 0 aliphatic heterocycles. The second-order valence-corrected chi connectivity index (χ2v) is 9.69. The van der Waals surface area contributed by atoms with Gasteiger partial charge in [0.1, 0.15) is 0 Å². The molecule has 2 aromatic carbocycles. The van der Waals surface area contributed by atoms with Crippen LogP contribution in [0.4, 0.5) is 0 Å². The number of amides is 1. The summed E-state index contributed by atoms with van der Waals surface area (Å²) in [4.78, 5) is 13.1. The van der Waals surface area contributed by atoms with Crippen molar-refractivity contribution >= 4 is 15.9 Å². The molecule has 0 heterocycles. The van der Waals surface area contributed by atoms with Crippen molar-refractivity contribution in [3.63, 3.8) is 0 Å². The van der Waals surface area contributed by atoms with Gasteiger partial charge in [0.25, 0.3) is 0 Å². The Balaban J connectivity index is 1.73. The minimum absolute atomic E-state index is 0.0910. The highest BCUT2D eigenvalue weighted by Crippen LogP contribution is 2.31. The smallest absolute Gasteiger partial charge is 0.224 e. The van der Waals surface area contributed by atoms with Gasteiger partial charge in [0.2, 0.25) is 15.9 Å². The van der Waals surface area contributed by atoms with Crippen LogP contribution in [0, 0.1) is 5.92 Å². The molecule has 0 saturated carbocycles. The Bertz CT molecular complexity index is 965. The summed E-state index contributed by atoms with van der Waals surface area (Å²) in [6.45, 7) is -0.160. The van der Waals surface area contributed by atoms with Crippen LogP contribution in [0.2, 0.25) is 0 Å². The van der Waals surface area contributed by atoms with Gasteiger partial charge in [0.05, 0.1) is 24.5 Å². The first kappa shape index (κ1) is 22.4. The largest absolute Gasteiger partial charge is 0.392 e. The zero-order valence-corrected chi connectivity index (χ0v) is 17.7.